The Morgan fingerprint density at radius 3 is 2.82 bits per heavy atom. The standard InChI is InChI=1S/C23H22N4O/c24-16-20(23-26-25-22-12-5-2-6-13-27(22)23)14-19-10-7-11-21(15-19)28-17-18-8-3-1-4-9-18/h1,3-4,7-11,14-15H,2,5-6,12-13,17H2. The van der Waals surface area contributed by atoms with Crippen LogP contribution in [-0.4, -0.2) is 14.8 Å². The van der Waals surface area contributed by atoms with Crippen molar-refractivity contribution in [2.45, 2.75) is 38.8 Å². The van der Waals surface area contributed by atoms with Crippen molar-refractivity contribution in [3.05, 3.63) is 77.4 Å². The van der Waals surface area contributed by atoms with Crippen LogP contribution in [0.2, 0.25) is 0 Å². The van der Waals surface area contributed by atoms with E-state index in [0.717, 1.165) is 48.5 Å². The SMILES string of the molecule is N#CC(=Cc1cccc(OCc2ccccc2)c1)c1nnc2n1CCCCC2. The monoisotopic (exact) mass is 370 g/mol. The van der Waals surface area contributed by atoms with Crippen LogP contribution in [0.5, 0.6) is 5.75 Å². The highest BCUT2D eigenvalue weighted by Gasteiger charge is 2.17. The molecule has 4 rings (SSSR count). The fraction of sp³-hybridized carbons (Fsp3) is 0.261. The van der Waals surface area contributed by atoms with Gasteiger partial charge in [0.15, 0.2) is 5.82 Å². The molecule has 1 aliphatic heterocycles. The molecule has 0 fully saturated rings. The molecule has 28 heavy (non-hydrogen) atoms. The molecule has 1 aliphatic rings. The molecule has 0 bridgehead atoms. The summed E-state index contributed by atoms with van der Waals surface area (Å²) in [5, 5.41) is 18.3. The zero-order valence-electron chi connectivity index (χ0n) is 15.7. The van der Waals surface area contributed by atoms with E-state index in [2.05, 4.69) is 20.8 Å². The second-order valence-corrected chi connectivity index (χ2v) is 6.92. The van der Waals surface area contributed by atoms with Gasteiger partial charge < -0.3 is 9.30 Å². The molecule has 0 atom stereocenters. The lowest BCUT2D eigenvalue weighted by Gasteiger charge is -2.08. The Balaban J connectivity index is 1.56. The molecule has 0 aliphatic carbocycles. The van der Waals surface area contributed by atoms with Crippen molar-refractivity contribution in [1.82, 2.24) is 14.8 Å². The number of rotatable bonds is 5. The number of ether oxygens (including phenoxy) is 1. The van der Waals surface area contributed by atoms with Crippen molar-refractivity contribution in [2.75, 3.05) is 0 Å². The van der Waals surface area contributed by atoms with E-state index in [1.807, 2.05) is 60.7 Å². The minimum atomic E-state index is 0.511. The van der Waals surface area contributed by atoms with E-state index in [4.69, 9.17) is 4.74 Å². The quantitative estimate of drug-likeness (QED) is 0.613. The summed E-state index contributed by atoms with van der Waals surface area (Å²) in [6.07, 6.45) is 6.20. The first kappa shape index (κ1) is 18.0. The molecule has 2 aromatic carbocycles. The molecule has 140 valence electrons. The van der Waals surface area contributed by atoms with Crippen LogP contribution >= 0.6 is 0 Å². The zero-order chi connectivity index (χ0) is 19.2. The summed E-state index contributed by atoms with van der Waals surface area (Å²) in [5.74, 6) is 2.42. The van der Waals surface area contributed by atoms with Gasteiger partial charge >= 0.3 is 0 Å². The fourth-order valence-corrected chi connectivity index (χ4v) is 3.43. The minimum absolute atomic E-state index is 0.511. The van der Waals surface area contributed by atoms with Crippen molar-refractivity contribution >= 4 is 11.6 Å². The van der Waals surface area contributed by atoms with Gasteiger partial charge in [-0.2, -0.15) is 5.26 Å². The number of fused-ring (bicyclic) bond motifs is 1. The predicted octanol–water partition coefficient (Wildman–Crippen LogP) is 4.65. The van der Waals surface area contributed by atoms with E-state index in [0.29, 0.717) is 18.0 Å². The molecule has 0 amide bonds. The first-order valence-electron chi connectivity index (χ1n) is 9.64. The lowest BCUT2D eigenvalue weighted by Crippen LogP contribution is -2.05. The van der Waals surface area contributed by atoms with Crippen LogP contribution in [0.15, 0.2) is 54.6 Å². The Kier molecular flexibility index (Phi) is 5.48. The van der Waals surface area contributed by atoms with Gasteiger partial charge in [0.2, 0.25) is 0 Å². The number of hydrogen-bond acceptors (Lipinski definition) is 4. The normalized spacial score (nSPS) is 14.0. The maximum absolute atomic E-state index is 9.72. The predicted molar refractivity (Wildman–Crippen MR) is 108 cm³/mol. The first-order valence-corrected chi connectivity index (χ1v) is 9.64. The van der Waals surface area contributed by atoms with Crippen LogP contribution in [-0.2, 0) is 19.6 Å². The molecule has 0 unspecified atom stereocenters. The molecular formula is C23H22N4O. The van der Waals surface area contributed by atoms with E-state index in [1.54, 1.807) is 0 Å². The molecule has 0 N–H and O–H groups in total. The van der Waals surface area contributed by atoms with E-state index >= 15 is 0 Å². The number of hydrogen-bond donors (Lipinski definition) is 0. The summed E-state index contributed by atoms with van der Waals surface area (Å²) < 4.78 is 8.00. The molecular weight excluding hydrogens is 348 g/mol. The van der Waals surface area contributed by atoms with Crippen LogP contribution in [0.25, 0.3) is 11.6 Å². The van der Waals surface area contributed by atoms with E-state index in [-0.39, 0.29) is 0 Å². The number of nitrogens with zero attached hydrogens (tertiary/aromatic N) is 4. The summed E-state index contributed by atoms with van der Waals surface area (Å²) in [6.45, 7) is 1.38. The van der Waals surface area contributed by atoms with Crippen LogP contribution in [0.1, 0.15) is 42.0 Å². The van der Waals surface area contributed by atoms with Crippen molar-refractivity contribution in [3.8, 4) is 11.8 Å². The van der Waals surface area contributed by atoms with Crippen molar-refractivity contribution < 1.29 is 4.74 Å². The van der Waals surface area contributed by atoms with Crippen LogP contribution in [0, 0.1) is 11.3 Å². The highest BCUT2D eigenvalue weighted by Crippen LogP contribution is 2.23. The minimum Gasteiger partial charge on any atom is -0.489 e. The van der Waals surface area contributed by atoms with Gasteiger partial charge in [-0.25, -0.2) is 0 Å². The number of allylic oxidation sites excluding steroid dienone is 1. The molecule has 5 nitrogen and oxygen atoms in total. The molecule has 0 saturated heterocycles. The molecule has 0 radical (unpaired) electrons. The Hall–Kier alpha value is -3.39. The second kappa shape index (κ2) is 8.53. The Bertz CT molecular complexity index is 1010. The third-order valence-corrected chi connectivity index (χ3v) is 4.89. The molecule has 1 aromatic heterocycles. The van der Waals surface area contributed by atoms with Crippen LogP contribution in [0.3, 0.4) is 0 Å². The van der Waals surface area contributed by atoms with E-state index in [1.165, 1.54) is 6.42 Å². The van der Waals surface area contributed by atoms with E-state index in [9.17, 15) is 5.26 Å². The van der Waals surface area contributed by atoms with Gasteiger partial charge in [0, 0.05) is 13.0 Å². The summed E-state index contributed by atoms with van der Waals surface area (Å²) in [7, 11) is 0. The van der Waals surface area contributed by atoms with Gasteiger partial charge in [0.05, 0.1) is 5.57 Å². The second-order valence-electron chi connectivity index (χ2n) is 6.92. The Morgan fingerprint density at radius 2 is 1.96 bits per heavy atom. The third kappa shape index (κ3) is 4.12. The first-order chi connectivity index (χ1) is 13.8. The van der Waals surface area contributed by atoms with Crippen LogP contribution < -0.4 is 4.74 Å². The number of aromatic nitrogens is 3. The fourth-order valence-electron chi connectivity index (χ4n) is 3.43. The number of benzene rings is 2. The average Bonchev–Trinajstić information content (AvgIpc) is 2.99. The van der Waals surface area contributed by atoms with Crippen molar-refractivity contribution in [3.63, 3.8) is 0 Å². The summed E-state index contributed by atoms with van der Waals surface area (Å²) >= 11 is 0. The Labute approximate surface area is 164 Å². The largest absolute Gasteiger partial charge is 0.489 e. The average molecular weight is 370 g/mol. The van der Waals surface area contributed by atoms with Gasteiger partial charge in [-0.05, 0) is 42.2 Å². The van der Waals surface area contributed by atoms with Crippen molar-refractivity contribution in [1.29, 1.82) is 5.26 Å². The molecule has 2 heterocycles. The van der Waals surface area contributed by atoms with Gasteiger partial charge in [-0.15, -0.1) is 10.2 Å². The summed E-state index contributed by atoms with van der Waals surface area (Å²) in [5.41, 5.74) is 2.56. The summed E-state index contributed by atoms with van der Waals surface area (Å²) in [6, 6.07) is 20.1. The third-order valence-electron chi connectivity index (χ3n) is 4.89. The lowest BCUT2D eigenvalue weighted by molar-refractivity contribution is 0.306. The summed E-state index contributed by atoms with van der Waals surface area (Å²) in [4.78, 5) is 0. The molecule has 0 spiro atoms. The van der Waals surface area contributed by atoms with Gasteiger partial charge in [0.25, 0.3) is 0 Å². The highest BCUT2D eigenvalue weighted by atomic mass is 16.5. The molecule has 5 heteroatoms. The number of aryl methyl sites for hydroxylation is 1. The topological polar surface area (TPSA) is 63.7 Å². The molecule has 0 saturated carbocycles. The van der Waals surface area contributed by atoms with Gasteiger partial charge in [-0.3, -0.25) is 0 Å². The van der Waals surface area contributed by atoms with Gasteiger partial charge in [0.1, 0.15) is 24.3 Å². The maximum Gasteiger partial charge on any atom is 0.174 e. The van der Waals surface area contributed by atoms with Crippen LogP contribution in [0.4, 0.5) is 0 Å². The lowest BCUT2D eigenvalue weighted by atomic mass is 10.1. The maximum atomic E-state index is 9.72. The zero-order valence-corrected chi connectivity index (χ0v) is 15.7. The number of nitriles is 1. The molecule has 3 aromatic rings. The smallest absolute Gasteiger partial charge is 0.174 e. The van der Waals surface area contributed by atoms with Gasteiger partial charge in [-0.1, -0.05) is 48.9 Å². The van der Waals surface area contributed by atoms with E-state index < -0.39 is 0 Å². The highest BCUT2D eigenvalue weighted by molar-refractivity contribution is 5.87. The Morgan fingerprint density at radius 1 is 1.07 bits per heavy atom. The van der Waals surface area contributed by atoms with Crippen molar-refractivity contribution in [2.24, 2.45) is 0 Å².